The molecular formula is C26H34ClN5O2. The maximum atomic E-state index is 12.6. The summed E-state index contributed by atoms with van der Waals surface area (Å²) in [5.41, 5.74) is 3.34. The standard InChI is InChI=1S/C26H34ClN5O2/c1-29-10-12-30(13-11-29)20-23-4-2-22(3-5-23)19-28-26(34)32-16-14-31(15-17-32)25(33)18-21-6-8-24(27)9-7-21/h2-9H,10-20H2,1H3,(H,28,34). The van der Waals surface area contributed by atoms with Crippen molar-refractivity contribution in [3.05, 3.63) is 70.2 Å². The largest absolute Gasteiger partial charge is 0.339 e. The van der Waals surface area contributed by atoms with Gasteiger partial charge in [-0.15, -0.1) is 0 Å². The van der Waals surface area contributed by atoms with E-state index in [-0.39, 0.29) is 11.9 Å². The van der Waals surface area contributed by atoms with Gasteiger partial charge in [-0.1, -0.05) is 48.0 Å². The van der Waals surface area contributed by atoms with Gasteiger partial charge >= 0.3 is 6.03 Å². The predicted octanol–water partition coefficient (Wildman–Crippen LogP) is 2.68. The highest BCUT2D eigenvalue weighted by atomic mass is 35.5. The van der Waals surface area contributed by atoms with Crippen LogP contribution in [0, 0.1) is 0 Å². The lowest BCUT2D eigenvalue weighted by Crippen LogP contribution is -2.53. The van der Waals surface area contributed by atoms with E-state index in [0.29, 0.717) is 44.2 Å². The Kier molecular flexibility index (Phi) is 8.43. The normalized spacial score (nSPS) is 17.6. The number of likely N-dealkylation sites (N-methyl/N-ethyl adjacent to an activating group) is 1. The zero-order chi connectivity index (χ0) is 23.9. The first-order valence-corrected chi connectivity index (χ1v) is 12.4. The zero-order valence-electron chi connectivity index (χ0n) is 19.9. The van der Waals surface area contributed by atoms with E-state index in [1.54, 1.807) is 17.0 Å². The van der Waals surface area contributed by atoms with Crippen molar-refractivity contribution in [2.75, 3.05) is 59.4 Å². The van der Waals surface area contributed by atoms with E-state index in [1.165, 1.54) is 5.56 Å². The fraction of sp³-hybridized carbons (Fsp3) is 0.462. The van der Waals surface area contributed by atoms with Gasteiger partial charge in [0, 0.05) is 70.5 Å². The molecule has 2 aliphatic heterocycles. The van der Waals surface area contributed by atoms with Gasteiger partial charge in [0.05, 0.1) is 6.42 Å². The summed E-state index contributed by atoms with van der Waals surface area (Å²) in [5, 5.41) is 3.68. The molecule has 0 aliphatic carbocycles. The minimum absolute atomic E-state index is 0.0775. The summed E-state index contributed by atoms with van der Waals surface area (Å²) in [4.78, 5) is 33.7. The van der Waals surface area contributed by atoms with Crippen LogP contribution in [0.4, 0.5) is 4.79 Å². The number of urea groups is 1. The number of nitrogens with zero attached hydrogens (tertiary/aromatic N) is 4. The number of carbonyl (C=O) groups is 2. The topological polar surface area (TPSA) is 59.1 Å². The first kappa shape index (κ1) is 24.5. The molecule has 2 fully saturated rings. The van der Waals surface area contributed by atoms with Gasteiger partial charge < -0.3 is 20.0 Å². The summed E-state index contributed by atoms with van der Waals surface area (Å²) in [6.07, 6.45) is 0.355. The number of nitrogens with one attached hydrogen (secondary N) is 1. The summed E-state index contributed by atoms with van der Waals surface area (Å²) in [6.45, 7) is 8.13. The molecule has 0 saturated carbocycles. The van der Waals surface area contributed by atoms with Crippen LogP contribution in [0.25, 0.3) is 0 Å². The van der Waals surface area contributed by atoms with Crippen LogP contribution >= 0.6 is 11.6 Å². The van der Waals surface area contributed by atoms with Crippen molar-refractivity contribution in [2.45, 2.75) is 19.5 Å². The van der Waals surface area contributed by atoms with Crippen molar-refractivity contribution in [1.82, 2.24) is 24.9 Å². The Hall–Kier alpha value is -2.61. The number of piperazine rings is 2. The van der Waals surface area contributed by atoms with E-state index in [1.807, 2.05) is 17.0 Å². The van der Waals surface area contributed by atoms with Crippen LogP contribution in [0.5, 0.6) is 0 Å². The van der Waals surface area contributed by atoms with E-state index in [2.05, 4.69) is 46.4 Å². The van der Waals surface area contributed by atoms with Gasteiger partial charge in [0.15, 0.2) is 0 Å². The molecule has 182 valence electrons. The van der Waals surface area contributed by atoms with Gasteiger partial charge in [-0.05, 0) is 35.9 Å². The van der Waals surface area contributed by atoms with Crippen LogP contribution < -0.4 is 5.32 Å². The van der Waals surface area contributed by atoms with Crippen molar-refractivity contribution in [1.29, 1.82) is 0 Å². The lowest BCUT2D eigenvalue weighted by atomic mass is 10.1. The van der Waals surface area contributed by atoms with Gasteiger partial charge in [0.25, 0.3) is 0 Å². The van der Waals surface area contributed by atoms with Crippen molar-refractivity contribution in [3.8, 4) is 0 Å². The number of rotatable bonds is 6. The molecule has 2 heterocycles. The van der Waals surface area contributed by atoms with Crippen LogP contribution in [-0.2, 0) is 24.3 Å². The number of benzene rings is 2. The van der Waals surface area contributed by atoms with Gasteiger partial charge in [-0.25, -0.2) is 4.79 Å². The second-order valence-electron chi connectivity index (χ2n) is 9.23. The smallest absolute Gasteiger partial charge is 0.317 e. The summed E-state index contributed by atoms with van der Waals surface area (Å²) < 4.78 is 0. The van der Waals surface area contributed by atoms with Gasteiger partial charge in [0.1, 0.15) is 0 Å². The molecular weight excluding hydrogens is 450 g/mol. The molecule has 4 rings (SSSR count). The average molecular weight is 484 g/mol. The summed E-state index contributed by atoms with van der Waals surface area (Å²) in [5.74, 6) is 0.0824. The number of hydrogen-bond donors (Lipinski definition) is 1. The van der Waals surface area contributed by atoms with Crippen molar-refractivity contribution in [3.63, 3.8) is 0 Å². The van der Waals surface area contributed by atoms with Crippen LogP contribution in [0.15, 0.2) is 48.5 Å². The van der Waals surface area contributed by atoms with Crippen LogP contribution in [0.1, 0.15) is 16.7 Å². The molecule has 0 unspecified atom stereocenters. The highest BCUT2D eigenvalue weighted by Gasteiger charge is 2.24. The van der Waals surface area contributed by atoms with Crippen LogP contribution in [0.2, 0.25) is 5.02 Å². The summed E-state index contributed by atoms with van der Waals surface area (Å²) >= 11 is 5.91. The third kappa shape index (κ3) is 6.95. The average Bonchev–Trinajstić information content (AvgIpc) is 2.86. The number of halogens is 1. The highest BCUT2D eigenvalue weighted by Crippen LogP contribution is 2.13. The molecule has 0 aromatic heterocycles. The fourth-order valence-electron chi connectivity index (χ4n) is 4.36. The lowest BCUT2D eigenvalue weighted by Gasteiger charge is -2.34. The Bertz CT molecular complexity index is 950. The predicted molar refractivity (Wildman–Crippen MR) is 135 cm³/mol. The number of amides is 3. The van der Waals surface area contributed by atoms with Gasteiger partial charge in [-0.2, -0.15) is 0 Å². The van der Waals surface area contributed by atoms with E-state index >= 15 is 0 Å². The molecule has 2 saturated heterocycles. The van der Waals surface area contributed by atoms with Crippen molar-refractivity contribution < 1.29 is 9.59 Å². The molecule has 0 radical (unpaired) electrons. The molecule has 0 spiro atoms. The lowest BCUT2D eigenvalue weighted by molar-refractivity contribution is -0.131. The molecule has 0 bridgehead atoms. The first-order valence-electron chi connectivity index (χ1n) is 12.0. The molecule has 0 atom stereocenters. The van der Waals surface area contributed by atoms with E-state index in [4.69, 9.17) is 11.6 Å². The Morgan fingerprint density at radius 2 is 1.32 bits per heavy atom. The van der Waals surface area contributed by atoms with Gasteiger partial charge in [-0.3, -0.25) is 9.69 Å². The summed E-state index contributed by atoms with van der Waals surface area (Å²) in [6, 6.07) is 15.8. The third-order valence-electron chi connectivity index (χ3n) is 6.66. The van der Waals surface area contributed by atoms with Crippen molar-refractivity contribution >= 4 is 23.5 Å². The Morgan fingerprint density at radius 3 is 1.97 bits per heavy atom. The van der Waals surface area contributed by atoms with E-state index in [0.717, 1.165) is 43.9 Å². The second kappa shape index (κ2) is 11.7. The fourth-order valence-corrected chi connectivity index (χ4v) is 4.49. The maximum absolute atomic E-state index is 12.6. The Morgan fingerprint density at radius 1 is 0.765 bits per heavy atom. The minimum atomic E-state index is -0.0775. The summed E-state index contributed by atoms with van der Waals surface area (Å²) in [7, 11) is 2.17. The SMILES string of the molecule is CN1CCN(Cc2ccc(CNC(=O)N3CCN(C(=O)Cc4ccc(Cl)cc4)CC3)cc2)CC1. The molecule has 34 heavy (non-hydrogen) atoms. The van der Waals surface area contributed by atoms with Gasteiger partial charge in [0.2, 0.25) is 5.91 Å². The molecule has 3 amide bonds. The third-order valence-corrected chi connectivity index (χ3v) is 6.91. The maximum Gasteiger partial charge on any atom is 0.317 e. The Labute approximate surface area is 207 Å². The quantitative estimate of drug-likeness (QED) is 0.686. The van der Waals surface area contributed by atoms with E-state index in [9.17, 15) is 9.59 Å². The Balaban J connectivity index is 1.17. The van der Waals surface area contributed by atoms with Crippen LogP contribution in [0.3, 0.4) is 0 Å². The first-order chi connectivity index (χ1) is 16.5. The second-order valence-corrected chi connectivity index (χ2v) is 9.66. The van der Waals surface area contributed by atoms with E-state index < -0.39 is 0 Å². The molecule has 1 N–H and O–H groups in total. The molecule has 2 aliphatic rings. The van der Waals surface area contributed by atoms with Crippen LogP contribution in [-0.4, -0.2) is 90.9 Å². The molecule has 8 heteroatoms. The number of carbonyl (C=O) groups excluding carboxylic acids is 2. The molecule has 7 nitrogen and oxygen atoms in total. The molecule has 2 aromatic carbocycles. The monoisotopic (exact) mass is 483 g/mol. The highest BCUT2D eigenvalue weighted by molar-refractivity contribution is 6.30. The van der Waals surface area contributed by atoms with Crippen molar-refractivity contribution in [2.24, 2.45) is 0 Å². The number of hydrogen-bond acceptors (Lipinski definition) is 4. The minimum Gasteiger partial charge on any atom is -0.339 e. The molecule has 2 aromatic rings. The zero-order valence-corrected chi connectivity index (χ0v) is 20.6.